The van der Waals surface area contributed by atoms with Crippen LogP contribution in [0.3, 0.4) is 0 Å². The minimum absolute atomic E-state index is 0.190. The molecule has 2 rings (SSSR count). The lowest BCUT2D eigenvalue weighted by atomic mass is 9.93. The minimum atomic E-state index is -0.190. The lowest BCUT2D eigenvalue weighted by Gasteiger charge is -2.24. The number of halogens is 1. The van der Waals surface area contributed by atoms with Crippen molar-refractivity contribution in [2.75, 3.05) is 7.11 Å². The molecule has 1 aromatic carbocycles. The van der Waals surface area contributed by atoms with E-state index < -0.39 is 0 Å². The molecule has 1 fully saturated rings. The lowest BCUT2D eigenvalue weighted by Crippen LogP contribution is -2.33. The van der Waals surface area contributed by atoms with Gasteiger partial charge in [0.25, 0.3) is 0 Å². The molecular formula is C17H26FNO. The van der Waals surface area contributed by atoms with Crippen LogP contribution in [0.15, 0.2) is 18.2 Å². The molecule has 0 spiro atoms. The summed E-state index contributed by atoms with van der Waals surface area (Å²) >= 11 is 0. The van der Waals surface area contributed by atoms with Gasteiger partial charge in [-0.15, -0.1) is 0 Å². The Morgan fingerprint density at radius 1 is 1.25 bits per heavy atom. The molecular weight excluding hydrogens is 253 g/mol. The monoisotopic (exact) mass is 279 g/mol. The van der Waals surface area contributed by atoms with Gasteiger partial charge in [-0.2, -0.15) is 0 Å². The molecule has 112 valence electrons. The van der Waals surface area contributed by atoms with E-state index >= 15 is 0 Å². The number of nitrogens with one attached hydrogen (secondary N) is 1. The molecule has 1 N–H and O–H groups in total. The molecule has 0 aromatic heterocycles. The van der Waals surface area contributed by atoms with Crippen LogP contribution in [0, 0.1) is 11.7 Å². The number of hydrogen-bond donors (Lipinski definition) is 1. The first-order valence-corrected chi connectivity index (χ1v) is 7.76. The summed E-state index contributed by atoms with van der Waals surface area (Å²) in [5.74, 6) is 1.12. The smallest absolute Gasteiger partial charge is 0.131 e. The summed E-state index contributed by atoms with van der Waals surface area (Å²) in [6.45, 7) is 2.82. The molecule has 1 aromatic rings. The van der Waals surface area contributed by atoms with Crippen molar-refractivity contribution in [3.8, 4) is 5.75 Å². The van der Waals surface area contributed by atoms with E-state index in [1.54, 1.807) is 13.2 Å². The first kappa shape index (κ1) is 15.3. The number of benzene rings is 1. The SMILES string of the molecule is COc1ccc(CN[C@H](C)C2CCCCCC2)c(F)c1. The van der Waals surface area contributed by atoms with Gasteiger partial charge in [-0.3, -0.25) is 0 Å². The molecule has 0 bridgehead atoms. The highest BCUT2D eigenvalue weighted by atomic mass is 19.1. The fourth-order valence-electron chi connectivity index (χ4n) is 3.05. The normalized spacial score (nSPS) is 18.6. The highest BCUT2D eigenvalue weighted by Crippen LogP contribution is 2.25. The average Bonchev–Trinajstić information content (AvgIpc) is 2.74. The molecule has 0 saturated heterocycles. The van der Waals surface area contributed by atoms with Crippen molar-refractivity contribution in [3.05, 3.63) is 29.6 Å². The number of hydrogen-bond acceptors (Lipinski definition) is 2. The summed E-state index contributed by atoms with van der Waals surface area (Å²) in [5.41, 5.74) is 0.714. The van der Waals surface area contributed by atoms with Gasteiger partial charge in [-0.1, -0.05) is 31.7 Å². The van der Waals surface area contributed by atoms with Crippen LogP contribution in [0.2, 0.25) is 0 Å². The minimum Gasteiger partial charge on any atom is -0.497 e. The van der Waals surface area contributed by atoms with Crippen LogP contribution in [0.5, 0.6) is 5.75 Å². The summed E-state index contributed by atoms with van der Waals surface area (Å²) in [7, 11) is 1.56. The Kier molecular flexibility index (Phi) is 5.84. The largest absolute Gasteiger partial charge is 0.497 e. The van der Waals surface area contributed by atoms with Crippen molar-refractivity contribution in [1.82, 2.24) is 5.32 Å². The molecule has 20 heavy (non-hydrogen) atoms. The molecule has 0 heterocycles. The number of ether oxygens (including phenoxy) is 1. The Morgan fingerprint density at radius 3 is 2.55 bits per heavy atom. The Morgan fingerprint density at radius 2 is 1.95 bits per heavy atom. The molecule has 0 amide bonds. The summed E-state index contributed by atoms with van der Waals surface area (Å²) in [5, 5.41) is 3.49. The van der Waals surface area contributed by atoms with Crippen LogP contribution in [-0.2, 0) is 6.54 Å². The fourth-order valence-corrected chi connectivity index (χ4v) is 3.05. The van der Waals surface area contributed by atoms with Crippen LogP contribution in [-0.4, -0.2) is 13.2 Å². The molecule has 0 aliphatic heterocycles. The Hall–Kier alpha value is -1.09. The average molecular weight is 279 g/mol. The highest BCUT2D eigenvalue weighted by molar-refractivity contribution is 5.28. The van der Waals surface area contributed by atoms with E-state index in [-0.39, 0.29) is 5.82 Å². The number of methoxy groups -OCH3 is 1. The molecule has 2 nitrogen and oxygen atoms in total. The van der Waals surface area contributed by atoms with E-state index in [2.05, 4.69) is 12.2 Å². The van der Waals surface area contributed by atoms with Crippen molar-refractivity contribution in [2.45, 2.75) is 58.0 Å². The van der Waals surface area contributed by atoms with Crippen molar-refractivity contribution < 1.29 is 9.13 Å². The van der Waals surface area contributed by atoms with Crippen molar-refractivity contribution >= 4 is 0 Å². The maximum absolute atomic E-state index is 13.9. The fraction of sp³-hybridized carbons (Fsp3) is 0.647. The second kappa shape index (κ2) is 7.63. The van der Waals surface area contributed by atoms with Gasteiger partial charge < -0.3 is 10.1 Å². The van der Waals surface area contributed by atoms with Gasteiger partial charge in [0.2, 0.25) is 0 Å². The lowest BCUT2D eigenvalue weighted by molar-refractivity contribution is 0.335. The van der Waals surface area contributed by atoms with Crippen molar-refractivity contribution in [1.29, 1.82) is 0 Å². The van der Waals surface area contributed by atoms with Gasteiger partial charge in [0, 0.05) is 24.2 Å². The predicted molar refractivity (Wildman–Crippen MR) is 80.4 cm³/mol. The molecule has 0 unspecified atom stereocenters. The van der Waals surface area contributed by atoms with Gasteiger partial charge in [0.15, 0.2) is 0 Å². The van der Waals surface area contributed by atoms with Gasteiger partial charge >= 0.3 is 0 Å². The Balaban J connectivity index is 1.87. The summed E-state index contributed by atoms with van der Waals surface area (Å²) in [6, 6.07) is 5.53. The maximum Gasteiger partial charge on any atom is 0.131 e. The second-order valence-electron chi connectivity index (χ2n) is 5.88. The third-order valence-electron chi connectivity index (χ3n) is 4.48. The zero-order valence-corrected chi connectivity index (χ0v) is 12.6. The third kappa shape index (κ3) is 4.20. The van der Waals surface area contributed by atoms with Gasteiger partial charge in [0.1, 0.15) is 11.6 Å². The van der Waals surface area contributed by atoms with Gasteiger partial charge in [-0.25, -0.2) is 4.39 Å². The van der Waals surface area contributed by atoms with Crippen molar-refractivity contribution in [2.24, 2.45) is 5.92 Å². The molecule has 1 saturated carbocycles. The van der Waals surface area contributed by atoms with Crippen LogP contribution in [0.25, 0.3) is 0 Å². The van der Waals surface area contributed by atoms with E-state index in [1.807, 2.05) is 6.07 Å². The summed E-state index contributed by atoms with van der Waals surface area (Å²) in [4.78, 5) is 0. The first-order valence-electron chi connectivity index (χ1n) is 7.76. The molecule has 0 radical (unpaired) electrons. The molecule has 1 atom stereocenters. The third-order valence-corrected chi connectivity index (χ3v) is 4.48. The van der Waals surface area contributed by atoms with E-state index in [4.69, 9.17) is 4.74 Å². The van der Waals surface area contributed by atoms with Crippen LogP contribution in [0.1, 0.15) is 51.0 Å². The van der Waals surface area contributed by atoms with Gasteiger partial charge in [-0.05, 0) is 31.7 Å². The highest BCUT2D eigenvalue weighted by Gasteiger charge is 2.18. The number of rotatable bonds is 5. The summed E-state index contributed by atoms with van der Waals surface area (Å²) < 4.78 is 18.9. The summed E-state index contributed by atoms with van der Waals surface area (Å²) in [6.07, 6.45) is 8.03. The van der Waals surface area contributed by atoms with E-state index in [1.165, 1.54) is 44.6 Å². The zero-order valence-electron chi connectivity index (χ0n) is 12.6. The standard InChI is InChI=1S/C17H26FNO/c1-13(14-7-5-3-4-6-8-14)19-12-15-9-10-16(20-2)11-17(15)18/h9-11,13-14,19H,3-8,12H2,1-2H3/t13-/m1/s1. The van der Waals surface area contributed by atoms with E-state index in [0.717, 1.165) is 5.92 Å². The van der Waals surface area contributed by atoms with E-state index in [0.29, 0.717) is 23.9 Å². The quantitative estimate of drug-likeness (QED) is 0.812. The second-order valence-corrected chi connectivity index (χ2v) is 5.88. The molecule has 1 aliphatic carbocycles. The van der Waals surface area contributed by atoms with Crippen LogP contribution < -0.4 is 10.1 Å². The molecule has 3 heteroatoms. The van der Waals surface area contributed by atoms with Gasteiger partial charge in [0.05, 0.1) is 7.11 Å². The maximum atomic E-state index is 13.9. The van der Waals surface area contributed by atoms with Crippen LogP contribution in [0.4, 0.5) is 4.39 Å². The first-order chi connectivity index (χ1) is 9.70. The zero-order chi connectivity index (χ0) is 14.4. The van der Waals surface area contributed by atoms with Crippen molar-refractivity contribution in [3.63, 3.8) is 0 Å². The Bertz CT molecular complexity index is 413. The van der Waals surface area contributed by atoms with Crippen LogP contribution >= 0.6 is 0 Å². The Labute approximate surface area is 121 Å². The molecule has 1 aliphatic rings. The predicted octanol–water partition coefficient (Wildman–Crippen LogP) is 4.28. The van der Waals surface area contributed by atoms with E-state index in [9.17, 15) is 4.39 Å². The topological polar surface area (TPSA) is 21.3 Å².